The summed E-state index contributed by atoms with van der Waals surface area (Å²) < 4.78 is 0. The van der Waals surface area contributed by atoms with Crippen LogP contribution in [0.4, 0.5) is 0 Å². The number of thioether (sulfide) groups is 1. The third-order valence-corrected chi connectivity index (χ3v) is 7.23. The fourth-order valence-electron chi connectivity index (χ4n) is 3.60. The van der Waals surface area contributed by atoms with Gasteiger partial charge in [0.1, 0.15) is 4.87 Å². The summed E-state index contributed by atoms with van der Waals surface area (Å²) in [5.74, 6) is 1.13. The number of quaternary nitrogens is 1. The molecule has 0 bridgehead atoms. The molecule has 0 aliphatic carbocycles. The summed E-state index contributed by atoms with van der Waals surface area (Å²) in [6, 6.07) is 8.01. The van der Waals surface area contributed by atoms with Crippen LogP contribution < -0.4 is 10.6 Å². The zero-order chi connectivity index (χ0) is 18.7. The number of nitrogens with zero attached hydrogens (tertiary/aromatic N) is 1. The van der Waals surface area contributed by atoms with E-state index in [1.165, 1.54) is 0 Å². The average Bonchev–Trinajstić information content (AvgIpc) is 3.06. The van der Waals surface area contributed by atoms with Crippen molar-refractivity contribution >= 4 is 23.6 Å². The maximum Gasteiger partial charge on any atom is 0.279 e. The van der Waals surface area contributed by atoms with Crippen LogP contribution >= 0.6 is 11.8 Å². The summed E-state index contributed by atoms with van der Waals surface area (Å²) in [5, 5.41) is 5.35. The molecule has 26 heavy (non-hydrogen) atoms. The number of aryl methyl sites for hydroxylation is 1. The number of likely N-dealkylation sites (tertiary alicyclic amines) is 1. The largest absolute Gasteiger partial charge is 0.348 e. The molecule has 2 atom stereocenters. The van der Waals surface area contributed by atoms with Crippen molar-refractivity contribution < 1.29 is 14.9 Å². The van der Waals surface area contributed by atoms with Crippen LogP contribution in [-0.2, 0) is 4.79 Å². The Balaban J connectivity index is 1.54. The smallest absolute Gasteiger partial charge is 0.279 e. The Morgan fingerprint density at radius 3 is 2.58 bits per heavy atom. The van der Waals surface area contributed by atoms with Crippen LogP contribution in [0.1, 0.15) is 49.0 Å². The SMILES string of the molecule is CC[C@@H](C)NC(=O)[C@H]1CSC2(CCN(C(=O)c3ccc(C)cc3)CC2)[NH2+]1. The number of amides is 2. The third-order valence-electron chi connectivity index (χ3n) is 5.59. The molecule has 2 aliphatic rings. The van der Waals surface area contributed by atoms with Crippen LogP contribution in [-0.4, -0.2) is 52.5 Å². The monoisotopic (exact) mass is 376 g/mol. The van der Waals surface area contributed by atoms with Gasteiger partial charge in [0.15, 0.2) is 6.04 Å². The maximum absolute atomic E-state index is 12.7. The first-order chi connectivity index (χ1) is 12.4. The van der Waals surface area contributed by atoms with Gasteiger partial charge in [0, 0.05) is 37.5 Å². The molecule has 6 heteroatoms. The topological polar surface area (TPSA) is 66.0 Å². The molecule has 0 unspecified atom stereocenters. The van der Waals surface area contributed by atoms with E-state index < -0.39 is 0 Å². The Morgan fingerprint density at radius 2 is 1.96 bits per heavy atom. The molecule has 1 aromatic rings. The summed E-state index contributed by atoms with van der Waals surface area (Å²) in [5.41, 5.74) is 1.93. The molecular weight excluding hydrogens is 346 g/mol. The quantitative estimate of drug-likeness (QED) is 0.837. The number of hydrogen-bond donors (Lipinski definition) is 2. The number of nitrogens with one attached hydrogen (secondary N) is 1. The minimum atomic E-state index is -0.00616. The summed E-state index contributed by atoms with van der Waals surface area (Å²) in [6.07, 6.45) is 2.82. The Hall–Kier alpha value is -1.53. The molecule has 2 heterocycles. The minimum Gasteiger partial charge on any atom is -0.348 e. The highest BCUT2D eigenvalue weighted by Gasteiger charge is 2.48. The molecule has 0 saturated carbocycles. The molecule has 142 valence electrons. The minimum absolute atomic E-state index is 0.00616. The van der Waals surface area contributed by atoms with E-state index in [9.17, 15) is 9.59 Å². The Kier molecular flexibility index (Phi) is 5.92. The Labute approximate surface area is 160 Å². The summed E-state index contributed by atoms with van der Waals surface area (Å²) in [7, 11) is 0. The molecule has 5 nitrogen and oxygen atoms in total. The molecule has 2 saturated heterocycles. The molecule has 3 rings (SSSR count). The molecule has 2 fully saturated rings. The van der Waals surface area contributed by atoms with E-state index >= 15 is 0 Å². The van der Waals surface area contributed by atoms with Gasteiger partial charge in [0.2, 0.25) is 0 Å². The second kappa shape index (κ2) is 8.01. The average molecular weight is 377 g/mol. The Morgan fingerprint density at radius 1 is 1.31 bits per heavy atom. The highest BCUT2D eigenvalue weighted by Crippen LogP contribution is 2.34. The van der Waals surface area contributed by atoms with Crippen LogP contribution in [0.5, 0.6) is 0 Å². The van der Waals surface area contributed by atoms with E-state index in [0.29, 0.717) is 0 Å². The fourth-order valence-corrected chi connectivity index (χ4v) is 5.09. The van der Waals surface area contributed by atoms with Crippen LogP contribution in [0.2, 0.25) is 0 Å². The van der Waals surface area contributed by atoms with Gasteiger partial charge >= 0.3 is 0 Å². The van der Waals surface area contributed by atoms with Gasteiger partial charge in [0.05, 0.1) is 5.75 Å². The number of carbonyl (C=O) groups is 2. The van der Waals surface area contributed by atoms with Gasteiger partial charge in [-0.3, -0.25) is 9.59 Å². The van der Waals surface area contributed by atoms with Gasteiger partial charge in [0.25, 0.3) is 11.8 Å². The second-order valence-electron chi connectivity index (χ2n) is 7.63. The molecule has 1 spiro atoms. The van der Waals surface area contributed by atoms with Gasteiger partial charge in [-0.1, -0.05) is 36.4 Å². The van der Waals surface area contributed by atoms with Crippen LogP contribution in [0.15, 0.2) is 24.3 Å². The molecule has 3 N–H and O–H groups in total. The lowest BCUT2D eigenvalue weighted by atomic mass is 10.0. The second-order valence-corrected chi connectivity index (χ2v) is 9.06. The predicted molar refractivity (Wildman–Crippen MR) is 105 cm³/mol. The Bertz CT molecular complexity index is 654. The van der Waals surface area contributed by atoms with Crippen molar-refractivity contribution in [1.29, 1.82) is 0 Å². The normalized spacial score (nSPS) is 23.0. The number of rotatable bonds is 4. The predicted octanol–water partition coefficient (Wildman–Crippen LogP) is 1.52. The van der Waals surface area contributed by atoms with E-state index in [1.54, 1.807) is 0 Å². The van der Waals surface area contributed by atoms with Crippen molar-refractivity contribution in [3.05, 3.63) is 35.4 Å². The van der Waals surface area contributed by atoms with Crippen LogP contribution in [0, 0.1) is 6.92 Å². The number of nitrogens with two attached hydrogens (primary N) is 1. The van der Waals surface area contributed by atoms with Crippen molar-refractivity contribution in [1.82, 2.24) is 10.2 Å². The summed E-state index contributed by atoms with van der Waals surface area (Å²) >= 11 is 1.89. The molecule has 2 amide bonds. The zero-order valence-corrected chi connectivity index (χ0v) is 16.8. The lowest BCUT2D eigenvalue weighted by Crippen LogP contribution is -3.00. The highest BCUT2D eigenvalue weighted by atomic mass is 32.2. The van der Waals surface area contributed by atoms with E-state index in [0.717, 1.165) is 49.2 Å². The van der Waals surface area contributed by atoms with Crippen molar-refractivity contribution in [2.45, 2.75) is 57.0 Å². The number of hydrogen-bond acceptors (Lipinski definition) is 3. The number of carbonyl (C=O) groups excluding carboxylic acids is 2. The molecule has 0 aromatic heterocycles. The molecule has 2 aliphatic heterocycles. The molecule has 0 radical (unpaired) electrons. The van der Waals surface area contributed by atoms with E-state index in [4.69, 9.17) is 0 Å². The van der Waals surface area contributed by atoms with Crippen LogP contribution in [0.25, 0.3) is 0 Å². The first-order valence-electron chi connectivity index (χ1n) is 9.59. The van der Waals surface area contributed by atoms with Crippen molar-refractivity contribution in [3.8, 4) is 0 Å². The maximum atomic E-state index is 12.7. The van der Waals surface area contributed by atoms with E-state index in [-0.39, 0.29) is 28.8 Å². The van der Waals surface area contributed by atoms with Gasteiger partial charge in [-0.15, -0.1) is 0 Å². The van der Waals surface area contributed by atoms with Gasteiger partial charge in [-0.05, 0) is 32.4 Å². The summed E-state index contributed by atoms with van der Waals surface area (Å²) in [4.78, 5) is 27.1. The third kappa shape index (κ3) is 4.23. The van der Waals surface area contributed by atoms with E-state index in [2.05, 4.69) is 17.6 Å². The van der Waals surface area contributed by atoms with Crippen molar-refractivity contribution in [2.75, 3.05) is 18.8 Å². The lowest BCUT2D eigenvalue weighted by molar-refractivity contribution is -0.714. The van der Waals surface area contributed by atoms with Crippen molar-refractivity contribution in [3.63, 3.8) is 0 Å². The van der Waals surface area contributed by atoms with Crippen LogP contribution in [0.3, 0.4) is 0 Å². The molecular formula is C20H30N3O2S+. The van der Waals surface area contributed by atoms with Gasteiger partial charge < -0.3 is 15.5 Å². The van der Waals surface area contributed by atoms with Crippen molar-refractivity contribution in [2.24, 2.45) is 0 Å². The van der Waals surface area contributed by atoms with Gasteiger partial charge in [-0.2, -0.15) is 0 Å². The summed E-state index contributed by atoms with van der Waals surface area (Å²) in [6.45, 7) is 7.68. The highest BCUT2D eigenvalue weighted by molar-refractivity contribution is 8.00. The zero-order valence-electron chi connectivity index (χ0n) is 16.0. The fraction of sp³-hybridized carbons (Fsp3) is 0.600. The lowest BCUT2D eigenvalue weighted by Gasteiger charge is -2.36. The van der Waals surface area contributed by atoms with Gasteiger partial charge in [-0.25, -0.2) is 0 Å². The van der Waals surface area contributed by atoms with E-state index in [1.807, 2.05) is 54.8 Å². The number of piperidine rings is 1. The standard InChI is InChI=1S/C20H29N3O2S/c1-4-15(3)21-18(24)17-13-26-20(22-17)9-11-23(12-10-20)19(25)16-7-5-14(2)6-8-16/h5-8,15,17,22H,4,9-13H2,1-3H3,(H,21,24)/p+1/t15-,17-/m1/s1. The molecule has 1 aromatic carbocycles. The first-order valence-corrected chi connectivity index (χ1v) is 10.6. The first kappa shape index (κ1) is 19.2. The number of benzene rings is 1.